The molecule has 1 aliphatic heterocycles. The molecule has 2 bridgehead atoms. The van der Waals surface area contributed by atoms with Crippen LogP contribution in [0.5, 0.6) is 0 Å². The first-order chi connectivity index (χ1) is 5.95. The summed E-state index contributed by atoms with van der Waals surface area (Å²) in [5.41, 5.74) is 0. The molecule has 0 aromatic carbocycles. The Labute approximate surface area is 74.2 Å². The van der Waals surface area contributed by atoms with Crippen LogP contribution in [-0.4, -0.2) is 13.1 Å². The van der Waals surface area contributed by atoms with Crippen molar-refractivity contribution in [1.29, 1.82) is 0 Å². The van der Waals surface area contributed by atoms with Crippen molar-refractivity contribution in [2.24, 2.45) is 23.7 Å². The van der Waals surface area contributed by atoms with E-state index in [1.807, 2.05) is 0 Å². The van der Waals surface area contributed by atoms with E-state index in [0.29, 0.717) is 0 Å². The maximum Gasteiger partial charge on any atom is -0.00114 e. The Morgan fingerprint density at radius 2 is 1.50 bits per heavy atom. The van der Waals surface area contributed by atoms with Crippen molar-refractivity contribution in [3.63, 3.8) is 0 Å². The van der Waals surface area contributed by atoms with E-state index in [2.05, 4.69) is 17.5 Å². The van der Waals surface area contributed by atoms with Gasteiger partial charge in [0, 0.05) is 0 Å². The topological polar surface area (TPSA) is 12.0 Å². The van der Waals surface area contributed by atoms with Crippen LogP contribution >= 0.6 is 0 Å². The maximum atomic E-state index is 3.55. The molecular formula is C11H17N. The fraction of sp³-hybridized carbons (Fsp3) is 0.818. The summed E-state index contributed by atoms with van der Waals surface area (Å²) in [4.78, 5) is 0. The van der Waals surface area contributed by atoms with Crippen molar-refractivity contribution >= 4 is 0 Å². The van der Waals surface area contributed by atoms with Gasteiger partial charge in [-0.1, -0.05) is 18.6 Å². The molecule has 4 rings (SSSR count). The first-order valence-corrected chi connectivity index (χ1v) is 5.34. The molecular weight excluding hydrogens is 146 g/mol. The molecule has 1 nitrogen and oxygen atoms in total. The molecule has 0 radical (unpaired) electrons. The molecule has 1 saturated carbocycles. The summed E-state index contributed by atoms with van der Waals surface area (Å²) < 4.78 is 0. The molecule has 1 saturated heterocycles. The van der Waals surface area contributed by atoms with Crippen LogP contribution in [0.25, 0.3) is 0 Å². The number of hydrogen-bond donors (Lipinski definition) is 1. The van der Waals surface area contributed by atoms with Gasteiger partial charge >= 0.3 is 0 Å². The molecule has 3 aliphatic carbocycles. The van der Waals surface area contributed by atoms with Gasteiger partial charge in [0.2, 0.25) is 0 Å². The summed E-state index contributed by atoms with van der Waals surface area (Å²) in [5, 5.41) is 3.55. The third-order valence-corrected chi connectivity index (χ3v) is 4.09. The third kappa shape index (κ3) is 0.891. The van der Waals surface area contributed by atoms with Crippen molar-refractivity contribution in [2.45, 2.75) is 19.3 Å². The Morgan fingerprint density at radius 3 is 2.08 bits per heavy atom. The van der Waals surface area contributed by atoms with Crippen molar-refractivity contribution in [1.82, 2.24) is 5.32 Å². The minimum absolute atomic E-state index is 0.920. The Kier molecular flexibility index (Phi) is 1.54. The van der Waals surface area contributed by atoms with Crippen molar-refractivity contribution in [2.75, 3.05) is 13.1 Å². The second kappa shape index (κ2) is 2.59. The number of hydrogen-bond acceptors (Lipinski definition) is 1. The predicted octanol–water partition coefficient (Wildman–Crippen LogP) is 1.81. The van der Waals surface area contributed by atoms with Gasteiger partial charge in [-0.15, -0.1) is 0 Å². The van der Waals surface area contributed by atoms with E-state index in [4.69, 9.17) is 0 Å². The minimum atomic E-state index is 0.920. The van der Waals surface area contributed by atoms with Gasteiger partial charge in [0.15, 0.2) is 0 Å². The zero-order valence-corrected chi connectivity index (χ0v) is 7.50. The predicted molar refractivity (Wildman–Crippen MR) is 49.8 cm³/mol. The normalized spacial score (nSPS) is 50.7. The molecule has 0 spiro atoms. The van der Waals surface area contributed by atoms with Gasteiger partial charge in [-0.3, -0.25) is 0 Å². The van der Waals surface area contributed by atoms with Crippen LogP contribution in [0.3, 0.4) is 0 Å². The Bertz CT molecular complexity index is 189. The monoisotopic (exact) mass is 163 g/mol. The van der Waals surface area contributed by atoms with Gasteiger partial charge in [-0.25, -0.2) is 0 Å². The van der Waals surface area contributed by atoms with E-state index in [1.54, 1.807) is 0 Å². The zero-order chi connectivity index (χ0) is 7.97. The van der Waals surface area contributed by atoms with Crippen LogP contribution in [-0.2, 0) is 0 Å². The van der Waals surface area contributed by atoms with E-state index in [0.717, 1.165) is 23.7 Å². The molecule has 66 valence electrons. The highest BCUT2D eigenvalue weighted by molar-refractivity contribution is 5.10. The van der Waals surface area contributed by atoms with Gasteiger partial charge in [-0.05, 0) is 49.6 Å². The summed E-state index contributed by atoms with van der Waals surface area (Å²) in [6.45, 7) is 2.58. The third-order valence-electron chi connectivity index (χ3n) is 4.09. The lowest BCUT2D eigenvalue weighted by molar-refractivity contribution is 0.273. The van der Waals surface area contributed by atoms with E-state index >= 15 is 0 Å². The lowest BCUT2D eigenvalue weighted by Crippen LogP contribution is -2.27. The minimum Gasteiger partial charge on any atom is -0.316 e. The summed E-state index contributed by atoms with van der Waals surface area (Å²) in [6, 6.07) is 0. The maximum absolute atomic E-state index is 3.55. The summed E-state index contributed by atoms with van der Waals surface area (Å²) in [5.74, 6) is 3.82. The zero-order valence-electron chi connectivity index (χ0n) is 7.50. The highest BCUT2D eigenvalue weighted by Gasteiger charge is 2.40. The first-order valence-electron chi connectivity index (χ1n) is 5.34. The smallest absolute Gasteiger partial charge is 0.00114 e. The Morgan fingerprint density at radius 1 is 0.917 bits per heavy atom. The molecule has 4 unspecified atom stereocenters. The Balaban J connectivity index is 1.95. The fourth-order valence-corrected chi connectivity index (χ4v) is 3.44. The number of nitrogens with one attached hydrogen (secondary N) is 1. The van der Waals surface area contributed by atoms with Gasteiger partial charge in [0.05, 0.1) is 0 Å². The number of allylic oxidation sites excluding steroid dienone is 2. The van der Waals surface area contributed by atoms with Crippen LogP contribution in [0.15, 0.2) is 12.2 Å². The Hall–Kier alpha value is -0.300. The molecule has 2 fully saturated rings. The molecule has 1 heteroatoms. The molecule has 1 N–H and O–H groups in total. The van der Waals surface area contributed by atoms with Gasteiger partial charge in [0.1, 0.15) is 0 Å². The molecule has 1 heterocycles. The van der Waals surface area contributed by atoms with Crippen LogP contribution in [0.2, 0.25) is 0 Å². The SMILES string of the molecule is C1=CC2CCCC1C1CNCC21. The van der Waals surface area contributed by atoms with Gasteiger partial charge < -0.3 is 5.32 Å². The summed E-state index contributed by atoms with van der Waals surface area (Å²) >= 11 is 0. The van der Waals surface area contributed by atoms with E-state index < -0.39 is 0 Å². The van der Waals surface area contributed by atoms with Crippen molar-refractivity contribution < 1.29 is 0 Å². The summed E-state index contributed by atoms with van der Waals surface area (Å²) in [6.07, 6.45) is 9.39. The van der Waals surface area contributed by atoms with Crippen LogP contribution in [0.4, 0.5) is 0 Å². The lowest BCUT2D eigenvalue weighted by atomic mass is 9.74. The highest BCUT2D eigenvalue weighted by Crippen LogP contribution is 2.44. The van der Waals surface area contributed by atoms with Crippen LogP contribution < -0.4 is 5.32 Å². The van der Waals surface area contributed by atoms with Crippen molar-refractivity contribution in [3.05, 3.63) is 12.2 Å². The quantitative estimate of drug-likeness (QED) is 0.537. The second-order valence-electron chi connectivity index (χ2n) is 4.63. The van der Waals surface area contributed by atoms with Crippen molar-refractivity contribution in [3.8, 4) is 0 Å². The number of fused-ring (bicyclic) bond motifs is 2. The largest absolute Gasteiger partial charge is 0.316 e. The second-order valence-corrected chi connectivity index (χ2v) is 4.63. The van der Waals surface area contributed by atoms with E-state index in [9.17, 15) is 0 Å². The average molecular weight is 163 g/mol. The van der Waals surface area contributed by atoms with E-state index in [1.165, 1.54) is 32.4 Å². The first kappa shape index (κ1) is 7.14. The van der Waals surface area contributed by atoms with Gasteiger partial charge in [-0.2, -0.15) is 0 Å². The van der Waals surface area contributed by atoms with E-state index in [-0.39, 0.29) is 0 Å². The van der Waals surface area contributed by atoms with Crippen LogP contribution in [0, 0.1) is 23.7 Å². The highest BCUT2D eigenvalue weighted by atomic mass is 14.9. The average Bonchev–Trinajstić information content (AvgIpc) is 2.40. The molecule has 0 aromatic rings. The van der Waals surface area contributed by atoms with Gasteiger partial charge in [0.25, 0.3) is 0 Å². The number of rotatable bonds is 0. The fourth-order valence-electron chi connectivity index (χ4n) is 3.44. The lowest BCUT2D eigenvalue weighted by Gasteiger charge is -2.30. The molecule has 4 aliphatic rings. The summed E-state index contributed by atoms with van der Waals surface area (Å²) in [7, 11) is 0. The van der Waals surface area contributed by atoms with Crippen LogP contribution in [0.1, 0.15) is 19.3 Å². The molecule has 4 atom stereocenters. The molecule has 0 amide bonds. The standard InChI is InChI=1S/C11H17N/c1-2-8-4-5-9(3-1)11-7-12-6-10(8)11/h4-5,8-12H,1-3,6-7H2. The molecule has 0 aromatic heterocycles. The molecule has 12 heavy (non-hydrogen) atoms.